The molecule has 1 heterocycles. The summed E-state index contributed by atoms with van der Waals surface area (Å²) in [5, 5.41) is 18.1. The molecule has 0 amide bonds. The van der Waals surface area contributed by atoms with Crippen molar-refractivity contribution in [3.63, 3.8) is 0 Å². The lowest BCUT2D eigenvalue weighted by Crippen LogP contribution is -2.04. The van der Waals surface area contributed by atoms with Crippen molar-refractivity contribution in [1.82, 2.24) is 15.0 Å². The summed E-state index contributed by atoms with van der Waals surface area (Å²) in [4.78, 5) is 1.15. The Bertz CT molecular complexity index is 868. The van der Waals surface area contributed by atoms with E-state index < -0.39 is 11.7 Å². The number of phenolic OH excluding ortho intramolecular Hbond substituents is 1. The number of rotatable bonds is 1. The van der Waals surface area contributed by atoms with Gasteiger partial charge in [-0.05, 0) is 55.3 Å². The lowest BCUT2D eigenvalue weighted by molar-refractivity contribution is -0.137. The number of benzene rings is 2. The number of nitrogens with zero attached hydrogens (tertiary/aromatic N) is 3. The van der Waals surface area contributed by atoms with E-state index in [1.807, 2.05) is 13.8 Å². The molecule has 0 fully saturated rings. The molecular formula is C15H12F3N3O. The van der Waals surface area contributed by atoms with Gasteiger partial charge in [-0.3, -0.25) is 0 Å². The van der Waals surface area contributed by atoms with Crippen molar-refractivity contribution in [3.8, 4) is 11.4 Å². The first-order valence-corrected chi connectivity index (χ1v) is 6.50. The fourth-order valence-corrected chi connectivity index (χ4v) is 2.14. The molecule has 3 aromatic rings. The van der Waals surface area contributed by atoms with Crippen LogP contribution in [-0.2, 0) is 6.18 Å². The van der Waals surface area contributed by atoms with E-state index in [9.17, 15) is 18.3 Å². The molecule has 1 aromatic heterocycles. The smallest absolute Gasteiger partial charge is 0.416 e. The number of aromatic hydroxyl groups is 1. The van der Waals surface area contributed by atoms with Crippen molar-refractivity contribution < 1.29 is 18.3 Å². The predicted molar refractivity (Wildman–Crippen MR) is 75.0 cm³/mol. The highest BCUT2D eigenvalue weighted by atomic mass is 19.4. The molecule has 0 radical (unpaired) electrons. The van der Waals surface area contributed by atoms with Crippen LogP contribution < -0.4 is 0 Å². The fourth-order valence-electron chi connectivity index (χ4n) is 2.14. The Hall–Kier alpha value is -2.57. The number of aromatic nitrogens is 3. The van der Waals surface area contributed by atoms with Crippen LogP contribution in [0.1, 0.15) is 16.7 Å². The van der Waals surface area contributed by atoms with Gasteiger partial charge in [0.1, 0.15) is 22.5 Å². The molecule has 4 nitrogen and oxygen atoms in total. The largest absolute Gasteiger partial charge is 0.506 e. The Morgan fingerprint density at radius 1 is 0.955 bits per heavy atom. The Kier molecular flexibility index (Phi) is 3.09. The molecule has 0 unspecified atom stereocenters. The SMILES string of the molecule is Cc1cc(O)c(-n2nc3ccc(C(F)(F)F)cc3n2)cc1C. The van der Waals surface area contributed by atoms with Gasteiger partial charge in [0.15, 0.2) is 0 Å². The van der Waals surface area contributed by atoms with Crippen LogP contribution in [0.25, 0.3) is 16.7 Å². The van der Waals surface area contributed by atoms with Crippen LogP contribution >= 0.6 is 0 Å². The van der Waals surface area contributed by atoms with Gasteiger partial charge in [0.25, 0.3) is 0 Å². The number of phenols is 1. The third-order valence-electron chi connectivity index (χ3n) is 3.51. The number of halogens is 3. The van der Waals surface area contributed by atoms with Crippen molar-refractivity contribution in [3.05, 3.63) is 47.0 Å². The maximum absolute atomic E-state index is 12.7. The zero-order chi connectivity index (χ0) is 16.1. The number of fused-ring (bicyclic) bond motifs is 1. The van der Waals surface area contributed by atoms with Crippen LogP contribution in [0.3, 0.4) is 0 Å². The van der Waals surface area contributed by atoms with Gasteiger partial charge in [0.2, 0.25) is 0 Å². The van der Waals surface area contributed by atoms with Crippen LogP contribution in [0, 0.1) is 13.8 Å². The van der Waals surface area contributed by atoms with Gasteiger partial charge in [0, 0.05) is 0 Å². The number of hydrogen-bond donors (Lipinski definition) is 1. The average Bonchev–Trinajstić information content (AvgIpc) is 2.84. The van der Waals surface area contributed by atoms with E-state index in [-0.39, 0.29) is 11.3 Å². The molecule has 0 bridgehead atoms. The molecule has 0 saturated heterocycles. The minimum absolute atomic E-state index is 0.0283. The average molecular weight is 307 g/mol. The van der Waals surface area contributed by atoms with Gasteiger partial charge in [-0.25, -0.2) is 0 Å². The summed E-state index contributed by atoms with van der Waals surface area (Å²) in [5.74, 6) is -0.0283. The number of alkyl halides is 3. The minimum Gasteiger partial charge on any atom is -0.506 e. The molecule has 3 rings (SSSR count). The van der Waals surface area contributed by atoms with Gasteiger partial charge in [0.05, 0.1) is 5.56 Å². The zero-order valence-electron chi connectivity index (χ0n) is 11.8. The van der Waals surface area contributed by atoms with Crippen LogP contribution in [0.5, 0.6) is 5.75 Å². The van der Waals surface area contributed by atoms with E-state index in [0.717, 1.165) is 28.1 Å². The molecule has 0 aliphatic rings. The molecule has 0 aliphatic carbocycles. The molecule has 114 valence electrons. The monoisotopic (exact) mass is 307 g/mol. The quantitative estimate of drug-likeness (QED) is 0.744. The molecule has 7 heteroatoms. The zero-order valence-corrected chi connectivity index (χ0v) is 11.8. The van der Waals surface area contributed by atoms with Gasteiger partial charge in [-0.15, -0.1) is 15.0 Å². The maximum atomic E-state index is 12.7. The standard InChI is InChI=1S/C15H12F3N3O/c1-8-5-13(14(22)6-9(8)2)21-19-11-4-3-10(15(16,17)18)7-12(11)20-21/h3-7,22H,1-2H3. The summed E-state index contributed by atoms with van der Waals surface area (Å²) in [5.41, 5.74) is 1.81. The summed E-state index contributed by atoms with van der Waals surface area (Å²) >= 11 is 0. The summed E-state index contributed by atoms with van der Waals surface area (Å²) in [6.45, 7) is 3.71. The van der Waals surface area contributed by atoms with Crippen molar-refractivity contribution in [2.75, 3.05) is 0 Å². The number of aryl methyl sites for hydroxylation is 2. The first kappa shape index (κ1) is 14.4. The lowest BCUT2D eigenvalue weighted by Gasteiger charge is -2.06. The van der Waals surface area contributed by atoms with E-state index in [0.29, 0.717) is 11.2 Å². The molecule has 0 spiro atoms. The van der Waals surface area contributed by atoms with E-state index in [1.165, 1.54) is 6.07 Å². The normalized spacial score (nSPS) is 12.0. The molecular weight excluding hydrogens is 295 g/mol. The third kappa shape index (κ3) is 2.38. The van der Waals surface area contributed by atoms with Crippen LogP contribution in [0.4, 0.5) is 13.2 Å². The summed E-state index contributed by atoms with van der Waals surface area (Å²) in [7, 11) is 0. The molecule has 0 atom stereocenters. The van der Waals surface area contributed by atoms with Gasteiger partial charge in [-0.2, -0.15) is 13.2 Å². The maximum Gasteiger partial charge on any atom is 0.416 e. The minimum atomic E-state index is -4.43. The van der Waals surface area contributed by atoms with Crippen LogP contribution in [0.15, 0.2) is 30.3 Å². The predicted octanol–water partition coefficient (Wildman–Crippen LogP) is 3.76. The fraction of sp³-hybridized carbons (Fsp3) is 0.200. The molecule has 2 aromatic carbocycles. The van der Waals surface area contributed by atoms with Crippen LogP contribution in [0.2, 0.25) is 0 Å². The van der Waals surface area contributed by atoms with E-state index in [4.69, 9.17) is 0 Å². The van der Waals surface area contributed by atoms with E-state index in [1.54, 1.807) is 12.1 Å². The topological polar surface area (TPSA) is 50.9 Å². The van der Waals surface area contributed by atoms with Gasteiger partial charge in [-0.1, -0.05) is 0 Å². The van der Waals surface area contributed by atoms with Crippen molar-refractivity contribution in [2.45, 2.75) is 20.0 Å². The molecule has 22 heavy (non-hydrogen) atoms. The Labute approximate surface area is 123 Å². The van der Waals surface area contributed by atoms with Crippen molar-refractivity contribution in [1.29, 1.82) is 0 Å². The van der Waals surface area contributed by atoms with Crippen LogP contribution in [-0.4, -0.2) is 20.1 Å². The van der Waals surface area contributed by atoms with Crippen molar-refractivity contribution >= 4 is 11.0 Å². The summed E-state index contributed by atoms with van der Waals surface area (Å²) in [6, 6.07) is 6.42. The van der Waals surface area contributed by atoms with Gasteiger partial charge < -0.3 is 5.11 Å². The number of hydrogen-bond acceptors (Lipinski definition) is 3. The highest BCUT2D eigenvalue weighted by Gasteiger charge is 2.31. The van der Waals surface area contributed by atoms with E-state index in [2.05, 4.69) is 10.2 Å². The van der Waals surface area contributed by atoms with Crippen molar-refractivity contribution in [2.24, 2.45) is 0 Å². The van der Waals surface area contributed by atoms with Gasteiger partial charge >= 0.3 is 6.18 Å². The Morgan fingerprint density at radius 2 is 1.59 bits per heavy atom. The molecule has 0 aliphatic heterocycles. The highest BCUT2D eigenvalue weighted by Crippen LogP contribution is 2.31. The first-order chi connectivity index (χ1) is 10.3. The Balaban J connectivity index is 2.15. The summed E-state index contributed by atoms with van der Waals surface area (Å²) < 4.78 is 38.1. The molecule has 1 N–H and O–H groups in total. The Morgan fingerprint density at radius 3 is 2.27 bits per heavy atom. The van der Waals surface area contributed by atoms with E-state index >= 15 is 0 Å². The highest BCUT2D eigenvalue weighted by molar-refractivity contribution is 5.75. The molecule has 0 saturated carbocycles. The second-order valence-corrected chi connectivity index (χ2v) is 5.12. The lowest BCUT2D eigenvalue weighted by atomic mass is 10.1. The first-order valence-electron chi connectivity index (χ1n) is 6.50. The second-order valence-electron chi connectivity index (χ2n) is 5.12. The second kappa shape index (κ2) is 4.72. The summed E-state index contributed by atoms with van der Waals surface area (Å²) in [6.07, 6.45) is -4.43. The third-order valence-corrected chi connectivity index (χ3v) is 3.51.